The van der Waals surface area contributed by atoms with Crippen molar-refractivity contribution in [2.45, 2.75) is 57.9 Å². The Morgan fingerprint density at radius 2 is 1.89 bits per heavy atom. The number of carbonyl (C=O) groups is 1. The molecule has 3 aliphatic rings. The number of fused-ring (bicyclic) bond motifs is 1. The number of carbonyl (C=O) groups excluding carboxylic acids is 1. The lowest BCUT2D eigenvalue weighted by Crippen LogP contribution is -2.46. The summed E-state index contributed by atoms with van der Waals surface area (Å²) >= 11 is 0. The van der Waals surface area contributed by atoms with Crippen LogP contribution in [-0.4, -0.2) is 58.1 Å². The summed E-state index contributed by atoms with van der Waals surface area (Å²) in [5, 5.41) is 6.61. The van der Waals surface area contributed by atoms with E-state index in [1.165, 1.54) is 12.1 Å². The number of urea groups is 1. The van der Waals surface area contributed by atoms with Crippen LogP contribution in [0.2, 0.25) is 0 Å². The number of nitrogens with zero attached hydrogens (tertiary/aromatic N) is 4. The van der Waals surface area contributed by atoms with Crippen molar-refractivity contribution in [1.29, 1.82) is 0 Å². The minimum atomic E-state index is -2.90. The van der Waals surface area contributed by atoms with E-state index in [0.29, 0.717) is 63.6 Å². The summed E-state index contributed by atoms with van der Waals surface area (Å²) in [6.07, 6.45) is -0.658. The van der Waals surface area contributed by atoms with Crippen LogP contribution in [0.1, 0.15) is 60.4 Å². The average Bonchev–Trinajstić information content (AvgIpc) is 3.59. The Morgan fingerprint density at radius 1 is 1.14 bits per heavy atom. The molecule has 2 N–H and O–H groups in total. The van der Waals surface area contributed by atoms with E-state index < -0.39 is 23.8 Å². The third-order valence-electron chi connectivity index (χ3n) is 6.62. The van der Waals surface area contributed by atoms with E-state index in [0.717, 1.165) is 30.2 Å². The lowest BCUT2D eigenvalue weighted by Gasteiger charge is -2.30. The Kier molecular flexibility index (Phi) is 6.79. The summed E-state index contributed by atoms with van der Waals surface area (Å²) in [5.41, 5.74) is 1.01. The molecule has 188 valence electrons. The zero-order valence-electron chi connectivity index (χ0n) is 19.6. The van der Waals surface area contributed by atoms with Crippen LogP contribution in [0.5, 0.6) is 0 Å². The Bertz CT molecular complexity index is 1090. The maximum absolute atomic E-state index is 14.8. The molecule has 2 aromatic rings. The number of benzene rings is 1. The lowest BCUT2D eigenvalue weighted by atomic mass is 10.0. The third kappa shape index (κ3) is 5.20. The Hall–Kier alpha value is -2.92. The summed E-state index contributed by atoms with van der Waals surface area (Å²) in [4.78, 5) is 25.9. The second kappa shape index (κ2) is 9.98. The van der Waals surface area contributed by atoms with Crippen LogP contribution in [-0.2, 0) is 24.4 Å². The van der Waals surface area contributed by atoms with Gasteiger partial charge in [-0.1, -0.05) is 18.2 Å². The second-order valence-corrected chi connectivity index (χ2v) is 9.22. The highest BCUT2D eigenvalue weighted by Gasteiger charge is 2.32. The molecule has 11 heteroatoms. The molecule has 0 unspecified atom stereocenters. The molecule has 2 aliphatic heterocycles. The van der Waals surface area contributed by atoms with Crippen molar-refractivity contribution in [2.75, 3.05) is 31.6 Å². The Morgan fingerprint density at radius 3 is 2.60 bits per heavy atom. The predicted octanol–water partition coefficient (Wildman–Crippen LogP) is 3.75. The van der Waals surface area contributed by atoms with Crippen molar-refractivity contribution in [3.8, 4) is 0 Å². The highest BCUT2D eigenvalue weighted by atomic mass is 19.3. The fourth-order valence-electron chi connectivity index (χ4n) is 4.47. The molecule has 0 spiro atoms. The number of rotatable bonds is 7. The molecular weight excluding hydrogens is 461 g/mol. The zero-order valence-corrected chi connectivity index (χ0v) is 19.6. The molecule has 1 aromatic carbocycles. The summed E-state index contributed by atoms with van der Waals surface area (Å²) in [7, 11) is 0. The van der Waals surface area contributed by atoms with Crippen LogP contribution in [0.25, 0.3) is 0 Å². The van der Waals surface area contributed by atoms with Gasteiger partial charge in [0.05, 0.1) is 50.1 Å². The van der Waals surface area contributed by atoms with Gasteiger partial charge in [0.15, 0.2) is 0 Å². The number of hydrogen-bond donors (Lipinski definition) is 2. The monoisotopic (exact) mass is 490 g/mol. The van der Waals surface area contributed by atoms with Gasteiger partial charge in [0, 0.05) is 30.3 Å². The summed E-state index contributed by atoms with van der Waals surface area (Å²) in [6.45, 7) is 4.95. The molecule has 1 saturated carbocycles. The summed E-state index contributed by atoms with van der Waals surface area (Å²) in [6, 6.07) is 3.77. The van der Waals surface area contributed by atoms with Gasteiger partial charge in [-0.3, -0.25) is 0 Å². The van der Waals surface area contributed by atoms with Crippen molar-refractivity contribution >= 4 is 11.8 Å². The number of ether oxygens (including phenoxy) is 1. The normalized spacial score (nSPS) is 18.7. The third-order valence-corrected chi connectivity index (χ3v) is 6.62. The minimum absolute atomic E-state index is 0.0846. The van der Waals surface area contributed by atoms with Gasteiger partial charge >= 0.3 is 6.03 Å². The first kappa shape index (κ1) is 23.8. The average molecular weight is 491 g/mol. The lowest BCUT2D eigenvalue weighted by molar-refractivity contribution is 0.0429. The molecule has 1 saturated heterocycles. The molecule has 2 amide bonds. The predicted molar refractivity (Wildman–Crippen MR) is 122 cm³/mol. The standard InChI is InChI=1S/C24H29F3N6O2/c1-14(16-3-2-4-17(21(16)25)22(26)27)29-23-18-12-33(24(34)32-7-9-35-10-8-32)13-19(18)30-20(31-23)11-28-15-5-6-15/h2-4,14-15,22,28H,5-13H2,1H3,(H,29,30,31)/t14-/m1/s1. The number of hydrogen-bond acceptors (Lipinski definition) is 6. The molecule has 1 aliphatic carbocycles. The van der Waals surface area contributed by atoms with E-state index in [1.807, 2.05) is 0 Å². The number of aromatic nitrogens is 2. The summed E-state index contributed by atoms with van der Waals surface area (Å²) in [5.74, 6) is 0.148. The van der Waals surface area contributed by atoms with Crippen LogP contribution in [0, 0.1) is 5.82 Å². The van der Waals surface area contributed by atoms with Crippen LogP contribution in [0.15, 0.2) is 18.2 Å². The van der Waals surface area contributed by atoms with Crippen molar-refractivity contribution in [1.82, 2.24) is 25.1 Å². The fourth-order valence-corrected chi connectivity index (χ4v) is 4.47. The molecule has 1 atom stereocenters. The van der Waals surface area contributed by atoms with E-state index in [1.54, 1.807) is 16.7 Å². The van der Waals surface area contributed by atoms with Gasteiger partial charge < -0.3 is 25.2 Å². The number of nitrogens with one attached hydrogen (secondary N) is 2. The highest BCUT2D eigenvalue weighted by Crippen LogP contribution is 2.33. The van der Waals surface area contributed by atoms with Crippen LogP contribution >= 0.6 is 0 Å². The number of morpholine rings is 1. The zero-order chi connectivity index (χ0) is 24.5. The molecular formula is C24H29F3N6O2. The number of halogens is 3. The van der Waals surface area contributed by atoms with Crippen molar-refractivity contribution in [3.63, 3.8) is 0 Å². The minimum Gasteiger partial charge on any atom is -0.378 e. The molecule has 8 nitrogen and oxygen atoms in total. The second-order valence-electron chi connectivity index (χ2n) is 9.22. The van der Waals surface area contributed by atoms with Gasteiger partial charge in [-0.05, 0) is 19.8 Å². The van der Waals surface area contributed by atoms with Gasteiger partial charge in [-0.25, -0.2) is 27.9 Å². The van der Waals surface area contributed by atoms with Gasteiger partial charge in [-0.15, -0.1) is 0 Å². The van der Waals surface area contributed by atoms with Gasteiger partial charge in [0.2, 0.25) is 0 Å². The number of alkyl halides is 2. The van der Waals surface area contributed by atoms with E-state index in [2.05, 4.69) is 15.6 Å². The van der Waals surface area contributed by atoms with E-state index in [-0.39, 0.29) is 11.6 Å². The smallest absolute Gasteiger partial charge is 0.320 e. The van der Waals surface area contributed by atoms with Crippen molar-refractivity contribution in [2.24, 2.45) is 0 Å². The van der Waals surface area contributed by atoms with Gasteiger partial charge in [0.1, 0.15) is 17.5 Å². The first-order valence-electron chi connectivity index (χ1n) is 12.0. The Balaban J connectivity index is 1.40. The van der Waals surface area contributed by atoms with Crippen LogP contribution in [0.3, 0.4) is 0 Å². The molecule has 1 aromatic heterocycles. The van der Waals surface area contributed by atoms with E-state index in [4.69, 9.17) is 9.72 Å². The first-order valence-corrected chi connectivity index (χ1v) is 12.0. The van der Waals surface area contributed by atoms with E-state index in [9.17, 15) is 18.0 Å². The van der Waals surface area contributed by atoms with Gasteiger partial charge in [-0.2, -0.15) is 0 Å². The fraction of sp³-hybridized carbons (Fsp3) is 0.542. The largest absolute Gasteiger partial charge is 0.378 e. The van der Waals surface area contributed by atoms with Crippen LogP contribution in [0.4, 0.5) is 23.8 Å². The first-order chi connectivity index (χ1) is 16.9. The topological polar surface area (TPSA) is 82.6 Å². The van der Waals surface area contributed by atoms with E-state index >= 15 is 0 Å². The van der Waals surface area contributed by atoms with Gasteiger partial charge in [0.25, 0.3) is 6.43 Å². The Labute approximate surface area is 201 Å². The quantitative estimate of drug-likeness (QED) is 0.615. The maximum atomic E-state index is 14.8. The van der Waals surface area contributed by atoms with Crippen LogP contribution < -0.4 is 10.6 Å². The number of amides is 2. The molecule has 3 heterocycles. The maximum Gasteiger partial charge on any atom is 0.320 e. The summed E-state index contributed by atoms with van der Waals surface area (Å²) < 4.78 is 46.6. The van der Waals surface area contributed by atoms with Crippen molar-refractivity contribution in [3.05, 3.63) is 52.2 Å². The molecule has 0 bridgehead atoms. The molecule has 0 radical (unpaired) electrons. The molecule has 2 fully saturated rings. The molecule has 5 rings (SSSR count). The SMILES string of the molecule is C[C@@H](Nc1nc(CNC2CC2)nc2c1CN(C(=O)N1CCOCC1)C2)c1cccc(C(F)F)c1F. The highest BCUT2D eigenvalue weighted by molar-refractivity contribution is 5.76. The van der Waals surface area contributed by atoms with Crippen molar-refractivity contribution < 1.29 is 22.7 Å². The molecule has 35 heavy (non-hydrogen) atoms. The number of anilines is 1.